The van der Waals surface area contributed by atoms with Gasteiger partial charge in [-0.2, -0.15) is 0 Å². The zero-order chi connectivity index (χ0) is 18.5. The molecule has 0 saturated heterocycles. The van der Waals surface area contributed by atoms with Crippen LogP contribution in [0.3, 0.4) is 0 Å². The van der Waals surface area contributed by atoms with Gasteiger partial charge in [-0.3, -0.25) is 5.84 Å². The Kier molecular flexibility index (Phi) is 9.19. The van der Waals surface area contributed by atoms with Crippen LogP contribution in [-0.2, 0) is 0 Å². The van der Waals surface area contributed by atoms with Crippen molar-refractivity contribution in [3.05, 3.63) is 102 Å². The zero-order valence-corrected chi connectivity index (χ0v) is 15.0. The van der Waals surface area contributed by atoms with Crippen molar-refractivity contribution < 1.29 is 0 Å². The van der Waals surface area contributed by atoms with Crippen molar-refractivity contribution in [2.75, 3.05) is 12.4 Å². The van der Waals surface area contributed by atoms with E-state index in [1.807, 2.05) is 55.6 Å². The van der Waals surface area contributed by atoms with E-state index >= 15 is 0 Å². The Balaban J connectivity index is 0.000000257. The molecule has 0 aliphatic rings. The SMILES string of the molecule is C=C/C=C(\C=C/c1ccccc1)NN.C=Cc1cc(NC)ccc1C. The van der Waals surface area contributed by atoms with Gasteiger partial charge in [0.15, 0.2) is 0 Å². The molecule has 130 valence electrons. The van der Waals surface area contributed by atoms with Gasteiger partial charge < -0.3 is 10.7 Å². The molecule has 0 aromatic heterocycles. The van der Waals surface area contributed by atoms with Gasteiger partial charge in [-0.15, -0.1) is 0 Å². The molecule has 0 aliphatic carbocycles. The Bertz CT molecular complexity index is 728. The van der Waals surface area contributed by atoms with Crippen molar-refractivity contribution in [2.45, 2.75) is 6.92 Å². The Morgan fingerprint density at radius 3 is 2.36 bits per heavy atom. The van der Waals surface area contributed by atoms with Crippen LogP contribution in [0, 0.1) is 6.92 Å². The van der Waals surface area contributed by atoms with Crippen molar-refractivity contribution in [3.63, 3.8) is 0 Å². The fraction of sp³-hybridized carbons (Fsp3) is 0.0909. The number of rotatable bonds is 6. The van der Waals surface area contributed by atoms with E-state index in [-0.39, 0.29) is 0 Å². The number of nitrogens with one attached hydrogen (secondary N) is 2. The first-order chi connectivity index (χ1) is 12.1. The lowest BCUT2D eigenvalue weighted by molar-refractivity contribution is 0.918. The molecule has 25 heavy (non-hydrogen) atoms. The number of allylic oxidation sites excluding steroid dienone is 3. The van der Waals surface area contributed by atoms with Gasteiger partial charge in [0.1, 0.15) is 0 Å². The second kappa shape index (κ2) is 11.5. The van der Waals surface area contributed by atoms with Gasteiger partial charge in [0.2, 0.25) is 0 Å². The molecule has 3 nitrogen and oxygen atoms in total. The summed E-state index contributed by atoms with van der Waals surface area (Å²) in [5.41, 5.74) is 8.12. The highest BCUT2D eigenvalue weighted by Gasteiger charge is 1.93. The van der Waals surface area contributed by atoms with Crippen LogP contribution in [0.4, 0.5) is 5.69 Å². The van der Waals surface area contributed by atoms with E-state index in [1.54, 1.807) is 12.2 Å². The number of hydrogen-bond donors (Lipinski definition) is 3. The van der Waals surface area contributed by atoms with E-state index < -0.39 is 0 Å². The Hall–Kier alpha value is -3.04. The maximum Gasteiger partial charge on any atom is 0.0485 e. The molecule has 0 fully saturated rings. The van der Waals surface area contributed by atoms with Gasteiger partial charge in [-0.1, -0.05) is 67.8 Å². The number of anilines is 1. The molecule has 0 radical (unpaired) electrons. The number of aryl methyl sites for hydroxylation is 1. The average Bonchev–Trinajstić information content (AvgIpc) is 2.67. The van der Waals surface area contributed by atoms with Gasteiger partial charge in [0, 0.05) is 18.4 Å². The largest absolute Gasteiger partial charge is 0.388 e. The highest BCUT2D eigenvalue weighted by molar-refractivity contribution is 5.59. The summed E-state index contributed by atoms with van der Waals surface area (Å²) in [5, 5.41) is 3.08. The van der Waals surface area contributed by atoms with E-state index in [4.69, 9.17) is 5.84 Å². The molecule has 3 heteroatoms. The predicted octanol–water partition coefficient (Wildman–Crippen LogP) is 4.91. The molecule has 0 amide bonds. The highest BCUT2D eigenvalue weighted by atomic mass is 15.2. The van der Waals surface area contributed by atoms with Crippen molar-refractivity contribution in [2.24, 2.45) is 5.84 Å². The molecule has 2 aromatic rings. The second-order valence-corrected chi connectivity index (χ2v) is 5.27. The maximum absolute atomic E-state index is 5.31. The third kappa shape index (κ3) is 7.38. The van der Waals surface area contributed by atoms with Crippen LogP contribution >= 0.6 is 0 Å². The minimum Gasteiger partial charge on any atom is -0.388 e. The highest BCUT2D eigenvalue weighted by Crippen LogP contribution is 2.15. The molecule has 2 rings (SSSR count). The monoisotopic (exact) mass is 333 g/mol. The van der Waals surface area contributed by atoms with Crippen molar-refractivity contribution >= 4 is 17.8 Å². The lowest BCUT2D eigenvalue weighted by Gasteiger charge is -2.03. The molecule has 2 aromatic carbocycles. The molecule has 0 heterocycles. The predicted molar refractivity (Wildman–Crippen MR) is 112 cm³/mol. The molecule has 0 spiro atoms. The normalized spacial score (nSPS) is 10.6. The molecule has 0 saturated carbocycles. The number of benzene rings is 2. The first kappa shape index (κ1) is 20.0. The van der Waals surface area contributed by atoms with Crippen LogP contribution in [0.15, 0.2) is 85.6 Å². The van der Waals surface area contributed by atoms with E-state index in [1.165, 1.54) is 11.1 Å². The van der Waals surface area contributed by atoms with E-state index in [2.05, 4.69) is 49.0 Å². The summed E-state index contributed by atoms with van der Waals surface area (Å²) in [5.74, 6) is 5.31. The summed E-state index contributed by atoms with van der Waals surface area (Å²) in [4.78, 5) is 0. The topological polar surface area (TPSA) is 50.1 Å². The lowest BCUT2D eigenvalue weighted by atomic mass is 10.1. The van der Waals surface area contributed by atoms with Gasteiger partial charge >= 0.3 is 0 Å². The van der Waals surface area contributed by atoms with Crippen molar-refractivity contribution in [3.8, 4) is 0 Å². The van der Waals surface area contributed by atoms with Gasteiger partial charge in [0.25, 0.3) is 0 Å². The summed E-state index contributed by atoms with van der Waals surface area (Å²) in [6.45, 7) is 9.42. The third-order valence-corrected chi connectivity index (χ3v) is 3.51. The molecular weight excluding hydrogens is 306 g/mol. The first-order valence-corrected chi connectivity index (χ1v) is 8.08. The summed E-state index contributed by atoms with van der Waals surface area (Å²) < 4.78 is 0. The molecular formula is C22H27N3. The molecule has 0 bridgehead atoms. The average molecular weight is 333 g/mol. The Morgan fingerprint density at radius 2 is 1.80 bits per heavy atom. The fourth-order valence-electron chi connectivity index (χ4n) is 2.04. The van der Waals surface area contributed by atoms with E-state index in [9.17, 15) is 0 Å². The quantitative estimate of drug-likeness (QED) is 0.400. The molecule has 0 unspecified atom stereocenters. The maximum atomic E-state index is 5.31. The van der Waals surface area contributed by atoms with Gasteiger partial charge in [0.05, 0.1) is 0 Å². The number of hydrogen-bond acceptors (Lipinski definition) is 3. The summed E-state index contributed by atoms with van der Waals surface area (Å²) in [7, 11) is 1.91. The number of hydrazine groups is 1. The third-order valence-electron chi connectivity index (χ3n) is 3.51. The lowest BCUT2D eigenvalue weighted by Crippen LogP contribution is -2.19. The molecule has 0 aliphatic heterocycles. The van der Waals surface area contributed by atoms with Crippen LogP contribution in [-0.4, -0.2) is 7.05 Å². The zero-order valence-electron chi connectivity index (χ0n) is 15.0. The fourth-order valence-corrected chi connectivity index (χ4v) is 2.04. The van der Waals surface area contributed by atoms with E-state index in [0.717, 1.165) is 16.9 Å². The number of nitrogens with two attached hydrogens (primary N) is 1. The first-order valence-electron chi connectivity index (χ1n) is 8.08. The standard InChI is InChI=1S/C12H14N2.C10H13N/c1-2-6-12(14-13)10-9-11-7-4-3-5-8-11;1-4-9-7-10(11-3)6-5-8(9)2/h2-10,14H,1,13H2;4-7,11H,1H2,2-3H3/b10-9-,12-6+;. The van der Waals surface area contributed by atoms with Gasteiger partial charge in [-0.05, 0) is 47.9 Å². The van der Waals surface area contributed by atoms with Crippen LogP contribution < -0.4 is 16.6 Å². The Labute approximate surface area is 151 Å². The Morgan fingerprint density at radius 1 is 1.08 bits per heavy atom. The summed E-state index contributed by atoms with van der Waals surface area (Å²) in [6.07, 6.45) is 9.24. The molecule has 4 N–H and O–H groups in total. The summed E-state index contributed by atoms with van der Waals surface area (Å²) >= 11 is 0. The second-order valence-electron chi connectivity index (χ2n) is 5.27. The summed E-state index contributed by atoms with van der Waals surface area (Å²) in [6, 6.07) is 16.3. The van der Waals surface area contributed by atoms with Crippen LogP contribution in [0.1, 0.15) is 16.7 Å². The van der Waals surface area contributed by atoms with Crippen LogP contribution in [0.25, 0.3) is 12.2 Å². The minimum absolute atomic E-state index is 0.823. The van der Waals surface area contributed by atoms with Crippen LogP contribution in [0.5, 0.6) is 0 Å². The van der Waals surface area contributed by atoms with E-state index in [0.29, 0.717) is 0 Å². The van der Waals surface area contributed by atoms with Crippen LogP contribution in [0.2, 0.25) is 0 Å². The van der Waals surface area contributed by atoms with Crippen molar-refractivity contribution in [1.29, 1.82) is 0 Å². The minimum atomic E-state index is 0.823. The smallest absolute Gasteiger partial charge is 0.0485 e. The van der Waals surface area contributed by atoms with Gasteiger partial charge in [-0.25, -0.2) is 0 Å². The molecule has 0 atom stereocenters. The van der Waals surface area contributed by atoms with Crippen molar-refractivity contribution in [1.82, 2.24) is 5.43 Å².